The summed E-state index contributed by atoms with van der Waals surface area (Å²) in [6.07, 6.45) is 9.47. The van der Waals surface area contributed by atoms with Gasteiger partial charge < -0.3 is 9.73 Å². The van der Waals surface area contributed by atoms with Crippen molar-refractivity contribution in [2.75, 3.05) is 0 Å². The van der Waals surface area contributed by atoms with Crippen LogP contribution in [0.1, 0.15) is 64.5 Å². The van der Waals surface area contributed by atoms with Crippen molar-refractivity contribution < 1.29 is 4.42 Å². The Morgan fingerprint density at radius 1 is 1.32 bits per heavy atom. The van der Waals surface area contributed by atoms with E-state index in [9.17, 15) is 0 Å². The predicted molar refractivity (Wildman–Crippen MR) is 77.9 cm³/mol. The molecule has 1 N–H and O–H groups in total. The molecular weight excluding hydrogens is 236 g/mol. The van der Waals surface area contributed by atoms with E-state index in [1.807, 2.05) is 6.20 Å². The Balaban J connectivity index is 1.77. The summed E-state index contributed by atoms with van der Waals surface area (Å²) < 4.78 is 5.64. The van der Waals surface area contributed by atoms with E-state index in [2.05, 4.69) is 31.1 Å². The molecule has 1 aliphatic carbocycles. The van der Waals surface area contributed by atoms with Crippen molar-refractivity contribution in [1.29, 1.82) is 0 Å². The lowest BCUT2D eigenvalue weighted by Crippen LogP contribution is -2.28. The Hall–Kier alpha value is -0.830. The third-order valence-corrected chi connectivity index (χ3v) is 4.45. The fraction of sp³-hybridized carbons (Fsp3) is 0.812. The summed E-state index contributed by atoms with van der Waals surface area (Å²) in [5.74, 6) is 3.57. The number of rotatable bonds is 5. The zero-order chi connectivity index (χ0) is 13.7. The van der Waals surface area contributed by atoms with Gasteiger partial charge in [-0.3, -0.25) is 0 Å². The topological polar surface area (TPSA) is 38.1 Å². The second-order valence-electron chi connectivity index (χ2n) is 6.16. The number of oxazole rings is 1. The van der Waals surface area contributed by atoms with Gasteiger partial charge in [0.1, 0.15) is 5.76 Å². The van der Waals surface area contributed by atoms with Crippen LogP contribution in [0.25, 0.3) is 0 Å². The molecule has 0 radical (unpaired) electrons. The fourth-order valence-corrected chi connectivity index (χ4v) is 3.03. The van der Waals surface area contributed by atoms with Gasteiger partial charge in [-0.05, 0) is 31.1 Å². The lowest BCUT2D eigenvalue weighted by Gasteiger charge is -2.18. The van der Waals surface area contributed by atoms with Crippen LogP contribution in [0.15, 0.2) is 10.6 Å². The van der Waals surface area contributed by atoms with Crippen molar-refractivity contribution in [3.8, 4) is 0 Å². The lowest BCUT2D eigenvalue weighted by atomic mass is 9.89. The minimum atomic E-state index is 0.640. The molecule has 0 spiro atoms. The Bertz CT molecular complexity index is 373. The highest BCUT2D eigenvalue weighted by molar-refractivity contribution is 4.93. The van der Waals surface area contributed by atoms with Crippen molar-refractivity contribution in [2.45, 2.75) is 71.9 Å². The average molecular weight is 264 g/mol. The molecule has 3 heteroatoms. The van der Waals surface area contributed by atoms with Crippen LogP contribution in [-0.2, 0) is 13.0 Å². The van der Waals surface area contributed by atoms with Gasteiger partial charge in [-0.25, -0.2) is 4.98 Å². The highest BCUT2D eigenvalue weighted by Gasteiger charge is 2.20. The summed E-state index contributed by atoms with van der Waals surface area (Å²) in [5.41, 5.74) is 0. The molecule has 2 rings (SSSR count). The first-order chi connectivity index (χ1) is 9.19. The van der Waals surface area contributed by atoms with Gasteiger partial charge in [0.05, 0.1) is 12.7 Å². The number of nitrogens with one attached hydrogen (secondary N) is 1. The van der Waals surface area contributed by atoms with Crippen LogP contribution in [-0.4, -0.2) is 11.0 Å². The first-order valence-electron chi connectivity index (χ1n) is 7.86. The molecule has 0 amide bonds. The maximum Gasteiger partial charge on any atom is 0.208 e. The largest absolute Gasteiger partial charge is 0.444 e. The van der Waals surface area contributed by atoms with Crippen LogP contribution in [0, 0.1) is 11.8 Å². The maximum absolute atomic E-state index is 5.64. The van der Waals surface area contributed by atoms with Crippen molar-refractivity contribution in [3.05, 3.63) is 17.8 Å². The van der Waals surface area contributed by atoms with Crippen molar-refractivity contribution >= 4 is 0 Å². The molecule has 1 heterocycles. The molecular formula is C16H28N2O. The molecule has 1 aromatic heterocycles. The van der Waals surface area contributed by atoms with E-state index in [1.54, 1.807) is 0 Å². The van der Waals surface area contributed by atoms with E-state index in [-0.39, 0.29) is 0 Å². The van der Waals surface area contributed by atoms with Gasteiger partial charge in [-0.1, -0.05) is 33.6 Å². The second-order valence-corrected chi connectivity index (χ2v) is 6.16. The van der Waals surface area contributed by atoms with Crippen LogP contribution >= 0.6 is 0 Å². The van der Waals surface area contributed by atoms with Gasteiger partial charge in [0.15, 0.2) is 0 Å². The van der Waals surface area contributed by atoms with Gasteiger partial charge in [0.2, 0.25) is 5.89 Å². The summed E-state index contributed by atoms with van der Waals surface area (Å²) in [4.78, 5) is 4.31. The number of hydrogen-bond acceptors (Lipinski definition) is 3. The van der Waals surface area contributed by atoms with E-state index in [0.29, 0.717) is 6.04 Å². The second kappa shape index (κ2) is 7.09. The molecule has 1 aromatic rings. The molecule has 1 saturated carbocycles. The van der Waals surface area contributed by atoms with Gasteiger partial charge in [0, 0.05) is 12.5 Å². The summed E-state index contributed by atoms with van der Waals surface area (Å²) in [6.45, 7) is 7.58. The molecule has 2 atom stereocenters. The predicted octanol–water partition coefficient (Wildman–Crippen LogP) is 3.93. The Labute approximate surface area is 117 Å². The normalized spacial score (nSPS) is 24.6. The molecule has 3 nitrogen and oxygen atoms in total. The molecule has 108 valence electrons. The van der Waals surface area contributed by atoms with Crippen LogP contribution in [0.4, 0.5) is 0 Å². The van der Waals surface area contributed by atoms with Crippen molar-refractivity contribution in [1.82, 2.24) is 10.3 Å². The molecule has 1 aliphatic rings. The molecule has 0 saturated heterocycles. The summed E-state index contributed by atoms with van der Waals surface area (Å²) in [5, 5.41) is 3.62. The third kappa shape index (κ3) is 4.34. The molecule has 19 heavy (non-hydrogen) atoms. The summed E-state index contributed by atoms with van der Waals surface area (Å²) in [7, 11) is 0. The quantitative estimate of drug-likeness (QED) is 0.819. The number of hydrogen-bond donors (Lipinski definition) is 1. The van der Waals surface area contributed by atoms with Crippen LogP contribution < -0.4 is 5.32 Å². The lowest BCUT2D eigenvalue weighted by molar-refractivity contribution is 0.335. The minimum absolute atomic E-state index is 0.640. The Morgan fingerprint density at radius 3 is 2.84 bits per heavy atom. The summed E-state index contributed by atoms with van der Waals surface area (Å²) >= 11 is 0. The average Bonchev–Trinajstić information content (AvgIpc) is 2.72. The first kappa shape index (κ1) is 14.6. The van der Waals surface area contributed by atoms with Crippen molar-refractivity contribution in [3.63, 3.8) is 0 Å². The zero-order valence-electron chi connectivity index (χ0n) is 12.6. The van der Waals surface area contributed by atoms with E-state index >= 15 is 0 Å². The standard InChI is InChI=1S/C16H28N2O/c1-4-15-10-18-16(19-15)11-17-14-7-5-6-13(8-9-14)12(2)3/h10,12-14,17H,4-9,11H2,1-3H3. The number of nitrogens with zero attached hydrogens (tertiary/aromatic N) is 1. The minimum Gasteiger partial charge on any atom is -0.444 e. The van der Waals surface area contributed by atoms with Crippen LogP contribution in [0.5, 0.6) is 0 Å². The number of aryl methyl sites for hydroxylation is 1. The van der Waals surface area contributed by atoms with Gasteiger partial charge in [0.25, 0.3) is 0 Å². The summed E-state index contributed by atoms with van der Waals surface area (Å²) in [6, 6.07) is 0.640. The van der Waals surface area contributed by atoms with Gasteiger partial charge in [-0.15, -0.1) is 0 Å². The highest BCUT2D eigenvalue weighted by Crippen LogP contribution is 2.28. The van der Waals surface area contributed by atoms with Gasteiger partial charge >= 0.3 is 0 Å². The Kier molecular flexibility index (Phi) is 5.44. The SMILES string of the molecule is CCc1cnc(CNC2CCCC(C(C)C)CC2)o1. The smallest absolute Gasteiger partial charge is 0.208 e. The van der Waals surface area contributed by atoms with Crippen LogP contribution in [0.3, 0.4) is 0 Å². The zero-order valence-corrected chi connectivity index (χ0v) is 12.6. The number of aromatic nitrogens is 1. The van der Waals surface area contributed by atoms with E-state index < -0.39 is 0 Å². The Morgan fingerprint density at radius 2 is 2.16 bits per heavy atom. The molecule has 1 fully saturated rings. The van der Waals surface area contributed by atoms with E-state index in [4.69, 9.17) is 4.42 Å². The monoisotopic (exact) mass is 264 g/mol. The fourth-order valence-electron chi connectivity index (χ4n) is 3.03. The highest BCUT2D eigenvalue weighted by atomic mass is 16.4. The van der Waals surface area contributed by atoms with E-state index in [0.717, 1.165) is 36.5 Å². The third-order valence-electron chi connectivity index (χ3n) is 4.45. The van der Waals surface area contributed by atoms with Crippen LogP contribution in [0.2, 0.25) is 0 Å². The maximum atomic E-state index is 5.64. The van der Waals surface area contributed by atoms with Gasteiger partial charge in [-0.2, -0.15) is 0 Å². The van der Waals surface area contributed by atoms with Crippen molar-refractivity contribution in [2.24, 2.45) is 11.8 Å². The molecule has 0 aliphatic heterocycles. The molecule has 0 bridgehead atoms. The molecule has 2 unspecified atom stereocenters. The molecule has 0 aromatic carbocycles. The first-order valence-corrected chi connectivity index (χ1v) is 7.86. The van der Waals surface area contributed by atoms with E-state index in [1.165, 1.54) is 32.1 Å².